The van der Waals surface area contributed by atoms with E-state index in [9.17, 15) is 9.59 Å². The molecule has 0 radical (unpaired) electrons. The first-order valence-corrected chi connectivity index (χ1v) is 12.3. The van der Waals surface area contributed by atoms with Crippen molar-refractivity contribution < 1.29 is 14.3 Å². The molecule has 36 heavy (non-hydrogen) atoms. The summed E-state index contributed by atoms with van der Waals surface area (Å²) in [5.74, 6) is 0.109. The van der Waals surface area contributed by atoms with Crippen molar-refractivity contribution >= 4 is 27.7 Å². The minimum atomic E-state index is -0.749. The van der Waals surface area contributed by atoms with Crippen molar-refractivity contribution in [3.05, 3.63) is 106 Å². The van der Waals surface area contributed by atoms with Gasteiger partial charge < -0.3 is 15.4 Å². The van der Waals surface area contributed by atoms with E-state index in [1.165, 1.54) is 0 Å². The summed E-state index contributed by atoms with van der Waals surface area (Å²) >= 11 is 3.46. The molecule has 7 nitrogen and oxygen atoms in total. The molecule has 3 aromatic carbocycles. The number of nitrogens with one attached hydrogen (secondary N) is 2. The molecule has 4 aromatic rings. The molecule has 1 aromatic heterocycles. The number of hydrogen-bond donors (Lipinski definition) is 2. The van der Waals surface area contributed by atoms with Crippen molar-refractivity contribution in [1.82, 2.24) is 20.4 Å². The molecule has 0 saturated carbocycles. The van der Waals surface area contributed by atoms with Crippen LogP contribution < -0.4 is 15.4 Å². The fraction of sp³-hybridized carbons (Fsp3) is 0.179. The molecule has 1 atom stereocenters. The van der Waals surface area contributed by atoms with Gasteiger partial charge >= 0.3 is 0 Å². The van der Waals surface area contributed by atoms with Crippen molar-refractivity contribution in [1.29, 1.82) is 0 Å². The number of rotatable bonds is 9. The van der Waals surface area contributed by atoms with Gasteiger partial charge in [-0.15, -0.1) is 0 Å². The molecule has 1 heterocycles. The maximum Gasteiger partial charge on any atom is 0.270 e. The van der Waals surface area contributed by atoms with Crippen LogP contribution in [0.25, 0.3) is 11.3 Å². The number of aromatic nitrogens is 2. The summed E-state index contributed by atoms with van der Waals surface area (Å²) in [6, 6.07) is 26.0. The molecule has 0 saturated heterocycles. The van der Waals surface area contributed by atoms with Gasteiger partial charge in [0, 0.05) is 23.5 Å². The van der Waals surface area contributed by atoms with E-state index in [1.54, 1.807) is 24.9 Å². The molecule has 8 heteroatoms. The summed E-state index contributed by atoms with van der Waals surface area (Å²) < 4.78 is 7.82. The summed E-state index contributed by atoms with van der Waals surface area (Å²) in [4.78, 5) is 26.2. The molecule has 0 spiro atoms. The highest BCUT2D eigenvalue weighted by Crippen LogP contribution is 2.21. The highest BCUT2D eigenvalue weighted by Gasteiger charge is 2.24. The van der Waals surface area contributed by atoms with Gasteiger partial charge in [-0.3, -0.25) is 14.3 Å². The van der Waals surface area contributed by atoms with Crippen molar-refractivity contribution in [3.8, 4) is 17.0 Å². The van der Waals surface area contributed by atoms with Crippen LogP contribution >= 0.6 is 15.9 Å². The molecule has 0 bridgehead atoms. The van der Waals surface area contributed by atoms with Gasteiger partial charge in [0.05, 0.1) is 19.3 Å². The monoisotopic (exact) mass is 546 g/mol. The maximum absolute atomic E-state index is 13.5. The maximum atomic E-state index is 13.5. The highest BCUT2D eigenvalue weighted by molar-refractivity contribution is 9.10. The molecule has 4 rings (SSSR count). The molecule has 2 N–H and O–H groups in total. The van der Waals surface area contributed by atoms with E-state index in [4.69, 9.17) is 9.84 Å². The van der Waals surface area contributed by atoms with Gasteiger partial charge in [0.25, 0.3) is 5.91 Å². The molecule has 0 aliphatic rings. The van der Waals surface area contributed by atoms with Crippen molar-refractivity contribution in [2.24, 2.45) is 0 Å². The number of ether oxygens (including phenoxy) is 1. The fourth-order valence-electron chi connectivity index (χ4n) is 3.89. The smallest absolute Gasteiger partial charge is 0.270 e. The number of nitrogens with zero attached hydrogens (tertiary/aromatic N) is 2. The molecule has 0 fully saturated rings. The van der Waals surface area contributed by atoms with Gasteiger partial charge in [0.1, 0.15) is 17.5 Å². The number of carbonyl (C=O) groups is 2. The van der Waals surface area contributed by atoms with E-state index in [2.05, 4.69) is 26.6 Å². The Hall–Kier alpha value is -3.91. The number of halogens is 1. The minimum absolute atomic E-state index is 0.271. The average Bonchev–Trinajstić information content (AvgIpc) is 3.32. The average molecular weight is 547 g/mol. The summed E-state index contributed by atoms with van der Waals surface area (Å²) in [6.07, 6.45) is 0.350. The lowest BCUT2D eigenvalue weighted by Crippen LogP contribution is -2.47. The van der Waals surface area contributed by atoms with Crippen LogP contribution in [0.5, 0.6) is 5.75 Å². The minimum Gasteiger partial charge on any atom is -0.497 e. The number of hydrogen-bond acceptors (Lipinski definition) is 4. The zero-order chi connectivity index (χ0) is 25.5. The van der Waals surface area contributed by atoms with Crippen LogP contribution in [0, 0.1) is 0 Å². The van der Waals surface area contributed by atoms with Crippen molar-refractivity contribution in [2.75, 3.05) is 14.2 Å². The zero-order valence-electron chi connectivity index (χ0n) is 20.1. The SMILES string of the molecule is CNC(=O)C(Cc1cccc(Br)c1)NC(=O)c1cc(-c2ccccc2)nn1Cc1ccc(OC)cc1. The van der Waals surface area contributed by atoms with Crippen molar-refractivity contribution in [3.63, 3.8) is 0 Å². The van der Waals surface area contributed by atoms with Gasteiger partial charge in [-0.25, -0.2) is 0 Å². The van der Waals surface area contributed by atoms with E-state index in [-0.39, 0.29) is 11.8 Å². The Morgan fingerprint density at radius 3 is 2.39 bits per heavy atom. The second kappa shape index (κ2) is 11.7. The Morgan fingerprint density at radius 1 is 0.972 bits per heavy atom. The summed E-state index contributed by atoms with van der Waals surface area (Å²) in [5, 5.41) is 10.3. The van der Waals surface area contributed by atoms with Crippen LogP contribution in [0.4, 0.5) is 0 Å². The van der Waals surface area contributed by atoms with Crippen LogP contribution in [0.15, 0.2) is 89.4 Å². The Bertz CT molecular complexity index is 1340. The summed E-state index contributed by atoms with van der Waals surface area (Å²) in [5.41, 5.74) is 3.84. The number of methoxy groups -OCH3 is 1. The summed E-state index contributed by atoms with van der Waals surface area (Å²) in [7, 11) is 3.18. The van der Waals surface area contributed by atoms with Crippen LogP contribution in [0.2, 0.25) is 0 Å². The van der Waals surface area contributed by atoms with E-state index >= 15 is 0 Å². The second-order valence-corrected chi connectivity index (χ2v) is 9.18. The lowest BCUT2D eigenvalue weighted by Gasteiger charge is -2.18. The third kappa shape index (κ3) is 6.20. The molecular formula is C28H27BrN4O3. The third-order valence-electron chi connectivity index (χ3n) is 5.77. The van der Waals surface area contributed by atoms with Gasteiger partial charge in [-0.1, -0.05) is 70.5 Å². The number of carbonyl (C=O) groups excluding carboxylic acids is 2. The number of likely N-dealkylation sites (N-methyl/N-ethyl adjacent to an activating group) is 1. The molecule has 1 unspecified atom stereocenters. The topological polar surface area (TPSA) is 85.3 Å². The molecule has 0 aliphatic heterocycles. The molecule has 2 amide bonds. The normalized spacial score (nSPS) is 11.5. The Kier molecular flexibility index (Phi) is 8.17. The molecule has 0 aliphatic carbocycles. The Balaban J connectivity index is 1.64. The second-order valence-electron chi connectivity index (χ2n) is 8.26. The number of benzene rings is 3. The predicted molar refractivity (Wildman–Crippen MR) is 143 cm³/mol. The van der Waals surface area contributed by atoms with Crippen LogP contribution in [0.1, 0.15) is 21.6 Å². The Labute approximate surface area is 218 Å². The lowest BCUT2D eigenvalue weighted by atomic mass is 10.0. The lowest BCUT2D eigenvalue weighted by molar-refractivity contribution is -0.122. The van der Waals surface area contributed by atoms with Crippen LogP contribution in [-0.4, -0.2) is 41.8 Å². The van der Waals surface area contributed by atoms with E-state index in [1.807, 2.05) is 78.9 Å². The van der Waals surface area contributed by atoms with Gasteiger partial charge in [-0.05, 0) is 41.5 Å². The molecular weight excluding hydrogens is 520 g/mol. The zero-order valence-corrected chi connectivity index (χ0v) is 21.7. The fourth-order valence-corrected chi connectivity index (χ4v) is 4.34. The molecule has 184 valence electrons. The first kappa shape index (κ1) is 25.2. The predicted octanol–water partition coefficient (Wildman–Crippen LogP) is 4.46. The van der Waals surface area contributed by atoms with E-state index < -0.39 is 6.04 Å². The first-order chi connectivity index (χ1) is 17.5. The quantitative estimate of drug-likeness (QED) is 0.324. The third-order valence-corrected chi connectivity index (χ3v) is 6.26. The van der Waals surface area contributed by atoms with E-state index in [0.29, 0.717) is 24.4 Å². The van der Waals surface area contributed by atoms with Gasteiger partial charge in [0.15, 0.2) is 0 Å². The largest absolute Gasteiger partial charge is 0.497 e. The van der Waals surface area contributed by atoms with Gasteiger partial charge in [0.2, 0.25) is 5.91 Å². The summed E-state index contributed by atoms with van der Waals surface area (Å²) in [6.45, 7) is 0.385. The van der Waals surface area contributed by atoms with Crippen molar-refractivity contribution in [2.45, 2.75) is 19.0 Å². The van der Waals surface area contributed by atoms with Crippen LogP contribution in [-0.2, 0) is 17.8 Å². The number of amides is 2. The standard InChI is InChI=1S/C28H27BrN4O3/c1-30-27(34)25(16-20-7-6-10-22(29)15-20)31-28(35)26-17-24(21-8-4-3-5-9-21)32-33(26)18-19-11-13-23(36-2)14-12-19/h3-15,17,25H,16,18H2,1-2H3,(H,30,34)(H,31,35). The van der Waals surface area contributed by atoms with E-state index in [0.717, 1.165) is 26.9 Å². The highest BCUT2D eigenvalue weighted by atomic mass is 79.9. The Morgan fingerprint density at radius 2 is 1.72 bits per heavy atom. The first-order valence-electron chi connectivity index (χ1n) is 11.5. The van der Waals surface area contributed by atoms with Gasteiger partial charge in [-0.2, -0.15) is 5.10 Å². The van der Waals surface area contributed by atoms with Crippen LogP contribution in [0.3, 0.4) is 0 Å².